The van der Waals surface area contributed by atoms with E-state index in [9.17, 15) is 0 Å². The molecule has 1 aliphatic rings. The third-order valence-corrected chi connectivity index (χ3v) is 4.51. The quantitative estimate of drug-likeness (QED) is 0.543. The Balaban J connectivity index is 2.18. The molecule has 0 spiro atoms. The van der Waals surface area contributed by atoms with Crippen LogP contribution in [0.4, 0.5) is 0 Å². The number of aryl methyl sites for hydroxylation is 2. The molecule has 22 heavy (non-hydrogen) atoms. The maximum Gasteiger partial charge on any atom is 0.134 e. The van der Waals surface area contributed by atoms with Crippen molar-refractivity contribution in [1.29, 1.82) is 0 Å². The average Bonchev–Trinajstić information content (AvgIpc) is 2.43. The molecule has 0 aromatic heterocycles. The highest BCUT2D eigenvalue weighted by Crippen LogP contribution is 2.45. The van der Waals surface area contributed by atoms with Gasteiger partial charge in [0.2, 0.25) is 0 Å². The third kappa shape index (κ3) is 2.54. The van der Waals surface area contributed by atoms with Gasteiger partial charge in [-0.2, -0.15) is 0 Å². The first-order valence-electron chi connectivity index (χ1n) is 8.31. The number of hydrogen-bond donors (Lipinski definition) is 0. The van der Waals surface area contributed by atoms with Crippen LogP contribution in [-0.4, -0.2) is 0 Å². The summed E-state index contributed by atoms with van der Waals surface area (Å²) < 4.78 is 6.47. The van der Waals surface area contributed by atoms with E-state index in [2.05, 4.69) is 65.8 Å². The number of rotatable bonds is 2. The average molecular weight is 294 g/mol. The molecule has 0 amide bonds. The summed E-state index contributed by atoms with van der Waals surface area (Å²) in [6.45, 7) is 13.3. The summed E-state index contributed by atoms with van der Waals surface area (Å²) >= 11 is 0. The zero-order valence-corrected chi connectivity index (χ0v) is 14.6. The summed E-state index contributed by atoms with van der Waals surface area (Å²) in [7, 11) is 0. The maximum absolute atomic E-state index is 6.47. The molecular weight excluding hydrogens is 268 g/mol. The molecule has 0 fully saturated rings. The van der Waals surface area contributed by atoms with Gasteiger partial charge in [-0.1, -0.05) is 63.1 Å². The molecule has 0 atom stereocenters. The molecule has 0 saturated carbocycles. The highest BCUT2D eigenvalue weighted by molar-refractivity contribution is 5.58. The van der Waals surface area contributed by atoms with Crippen molar-refractivity contribution in [1.82, 2.24) is 0 Å². The van der Waals surface area contributed by atoms with Gasteiger partial charge in [0.15, 0.2) is 0 Å². The zero-order valence-electron chi connectivity index (χ0n) is 14.6. The van der Waals surface area contributed by atoms with Gasteiger partial charge in [-0.25, -0.2) is 0 Å². The monoisotopic (exact) mass is 294 g/mol. The van der Waals surface area contributed by atoms with Crippen molar-refractivity contribution in [2.45, 2.75) is 59.8 Å². The second-order valence-corrected chi connectivity index (χ2v) is 7.27. The Bertz CT molecular complexity index is 662. The van der Waals surface area contributed by atoms with Crippen molar-refractivity contribution >= 4 is 0 Å². The van der Waals surface area contributed by atoms with Crippen LogP contribution in [0.1, 0.15) is 72.9 Å². The van der Waals surface area contributed by atoms with Gasteiger partial charge >= 0.3 is 0 Å². The van der Waals surface area contributed by atoms with E-state index in [-0.39, 0.29) is 0 Å². The Morgan fingerprint density at radius 3 is 1.50 bits per heavy atom. The van der Waals surface area contributed by atoms with Crippen LogP contribution in [0.3, 0.4) is 0 Å². The first kappa shape index (κ1) is 15.1. The smallest absolute Gasteiger partial charge is 0.134 e. The van der Waals surface area contributed by atoms with Crippen LogP contribution in [0.2, 0.25) is 0 Å². The van der Waals surface area contributed by atoms with Crippen molar-refractivity contribution < 1.29 is 4.74 Å². The fourth-order valence-electron chi connectivity index (χ4n) is 3.43. The van der Waals surface area contributed by atoms with Gasteiger partial charge in [0.1, 0.15) is 11.5 Å². The third-order valence-electron chi connectivity index (χ3n) is 4.51. The van der Waals surface area contributed by atoms with Gasteiger partial charge in [-0.05, 0) is 47.9 Å². The predicted molar refractivity (Wildman–Crippen MR) is 93.4 cm³/mol. The summed E-state index contributed by atoms with van der Waals surface area (Å²) in [5.74, 6) is 3.14. The fraction of sp³-hybridized carbons (Fsp3) is 0.429. The molecule has 3 rings (SSSR count). The van der Waals surface area contributed by atoms with E-state index < -0.39 is 0 Å². The second kappa shape index (κ2) is 5.46. The van der Waals surface area contributed by atoms with Crippen molar-refractivity contribution in [2.75, 3.05) is 0 Å². The van der Waals surface area contributed by atoms with Crippen molar-refractivity contribution in [3.05, 3.63) is 57.6 Å². The van der Waals surface area contributed by atoms with Crippen LogP contribution in [0.25, 0.3) is 0 Å². The summed E-state index contributed by atoms with van der Waals surface area (Å²) in [5.41, 5.74) is 7.97. The van der Waals surface area contributed by atoms with Crippen molar-refractivity contribution in [3.8, 4) is 11.5 Å². The first-order valence-corrected chi connectivity index (χ1v) is 8.31. The lowest BCUT2D eigenvalue weighted by molar-refractivity contribution is 0.442. The number of hydrogen-bond acceptors (Lipinski definition) is 1. The minimum absolute atomic E-state index is 0.475. The Morgan fingerprint density at radius 1 is 0.727 bits per heavy atom. The minimum Gasteiger partial charge on any atom is -0.456 e. The molecule has 1 aliphatic heterocycles. The summed E-state index contributed by atoms with van der Waals surface area (Å²) in [5, 5.41) is 0. The summed E-state index contributed by atoms with van der Waals surface area (Å²) in [6, 6.07) is 9.11. The van der Waals surface area contributed by atoms with Gasteiger partial charge in [0, 0.05) is 6.42 Å². The van der Waals surface area contributed by atoms with E-state index in [1.807, 2.05) is 0 Å². The molecule has 116 valence electrons. The fourth-order valence-corrected chi connectivity index (χ4v) is 3.43. The molecule has 0 radical (unpaired) electrons. The van der Waals surface area contributed by atoms with Crippen LogP contribution in [0, 0.1) is 13.8 Å². The molecule has 2 aromatic rings. The zero-order chi connectivity index (χ0) is 16.0. The molecule has 0 N–H and O–H groups in total. The van der Waals surface area contributed by atoms with Crippen LogP contribution in [-0.2, 0) is 6.42 Å². The molecule has 0 bridgehead atoms. The molecule has 2 aromatic carbocycles. The van der Waals surface area contributed by atoms with Crippen LogP contribution < -0.4 is 4.74 Å². The lowest BCUT2D eigenvalue weighted by Gasteiger charge is -2.28. The standard InChI is InChI=1S/C21H26O/c1-12(2)18-9-14(5)7-16-11-17-8-15(6)10-19(13(3)4)21(17)22-20(16)18/h7-10,12-13H,11H2,1-6H3. The van der Waals surface area contributed by atoms with Crippen molar-refractivity contribution in [2.24, 2.45) is 0 Å². The van der Waals surface area contributed by atoms with E-state index in [4.69, 9.17) is 4.74 Å². The first-order chi connectivity index (χ1) is 10.4. The summed E-state index contributed by atoms with van der Waals surface area (Å²) in [6.07, 6.45) is 0.980. The van der Waals surface area contributed by atoms with Crippen LogP contribution >= 0.6 is 0 Å². The van der Waals surface area contributed by atoms with Gasteiger partial charge in [0.25, 0.3) is 0 Å². The molecule has 1 heteroatoms. The molecular formula is C21H26O. The highest BCUT2D eigenvalue weighted by atomic mass is 16.5. The Hall–Kier alpha value is -1.76. The normalized spacial score (nSPS) is 13.1. The Morgan fingerprint density at radius 2 is 1.14 bits per heavy atom. The highest BCUT2D eigenvalue weighted by Gasteiger charge is 2.25. The maximum atomic E-state index is 6.47. The number of benzene rings is 2. The number of fused-ring (bicyclic) bond motifs is 2. The van der Waals surface area contributed by atoms with E-state index in [1.165, 1.54) is 33.4 Å². The lowest BCUT2D eigenvalue weighted by Crippen LogP contribution is -2.10. The van der Waals surface area contributed by atoms with Crippen LogP contribution in [0.15, 0.2) is 24.3 Å². The topological polar surface area (TPSA) is 9.23 Å². The second-order valence-electron chi connectivity index (χ2n) is 7.27. The molecule has 0 aliphatic carbocycles. The summed E-state index contributed by atoms with van der Waals surface area (Å²) in [4.78, 5) is 0. The van der Waals surface area contributed by atoms with Gasteiger partial charge in [-0.15, -0.1) is 0 Å². The van der Waals surface area contributed by atoms with E-state index >= 15 is 0 Å². The lowest BCUT2D eigenvalue weighted by atomic mass is 9.88. The van der Waals surface area contributed by atoms with Gasteiger partial charge < -0.3 is 4.74 Å². The van der Waals surface area contributed by atoms with E-state index in [0.29, 0.717) is 11.8 Å². The molecule has 1 nitrogen and oxygen atoms in total. The minimum atomic E-state index is 0.475. The van der Waals surface area contributed by atoms with E-state index in [0.717, 1.165) is 17.9 Å². The Kier molecular flexibility index (Phi) is 3.76. The SMILES string of the molecule is Cc1cc2c(c(C(C)C)c1)Oc1c(cc(C)cc1C(C)C)C2. The number of ether oxygens (including phenoxy) is 1. The predicted octanol–water partition coefficient (Wildman–Crippen LogP) is 6.25. The van der Waals surface area contributed by atoms with Gasteiger partial charge in [0.05, 0.1) is 0 Å². The molecule has 0 unspecified atom stereocenters. The van der Waals surface area contributed by atoms with Gasteiger partial charge in [-0.3, -0.25) is 0 Å². The van der Waals surface area contributed by atoms with E-state index in [1.54, 1.807) is 0 Å². The largest absolute Gasteiger partial charge is 0.456 e. The Labute approximate surface area is 134 Å². The van der Waals surface area contributed by atoms with Crippen molar-refractivity contribution in [3.63, 3.8) is 0 Å². The van der Waals surface area contributed by atoms with Crippen LogP contribution in [0.5, 0.6) is 11.5 Å². The molecule has 0 saturated heterocycles. The molecule has 1 heterocycles.